The minimum absolute atomic E-state index is 0.0337. The van der Waals surface area contributed by atoms with Gasteiger partial charge in [-0.2, -0.15) is 0 Å². The number of rotatable bonds is 1. The van der Waals surface area contributed by atoms with Crippen LogP contribution in [0.5, 0.6) is 0 Å². The van der Waals surface area contributed by atoms with E-state index < -0.39 is 4.92 Å². The fourth-order valence-corrected chi connectivity index (χ4v) is 0.601. The molecular weight excluding hydrogens is 152 g/mol. The van der Waals surface area contributed by atoms with Crippen molar-refractivity contribution in [2.24, 2.45) is 0 Å². The Bertz CT molecular complexity index is 246. The molecule has 0 bridgehead atoms. The predicted molar refractivity (Wildman–Crippen MR) is 36.5 cm³/mol. The first-order valence-corrected chi connectivity index (χ1v) is 2.88. The lowest BCUT2D eigenvalue weighted by Crippen LogP contribution is -1.88. The molecule has 1 aromatic heterocycles. The van der Waals surface area contributed by atoms with Crippen molar-refractivity contribution in [3.63, 3.8) is 0 Å². The van der Waals surface area contributed by atoms with E-state index >= 15 is 0 Å². The van der Waals surface area contributed by atoms with Crippen molar-refractivity contribution in [2.75, 3.05) is 0 Å². The van der Waals surface area contributed by atoms with E-state index in [2.05, 4.69) is 17.6 Å². The van der Waals surface area contributed by atoms with E-state index in [0.717, 1.165) is 6.20 Å². The molecular formula is C5H3N2O2S-. The van der Waals surface area contributed by atoms with Crippen LogP contribution >= 0.6 is 0 Å². The molecule has 0 aliphatic carbocycles. The van der Waals surface area contributed by atoms with Gasteiger partial charge in [0.15, 0.2) is 0 Å². The summed E-state index contributed by atoms with van der Waals surface area (Å²) in [6, 6.07) is 2.75. The third kappa shape index (κ3) is 1.38. The molecule has 0 saturated carbocycles. The Morgan fingerprint density at radius 3 is 2.70 bits per heavy atom. The van der Waals surface area contributed by atoms with Crippen LogP contribution in [0, 0.1) is 10.1 Å². The van der Waals surface area contributed by atoms with E-state index in [4.69, 9.17) is 0 Å². The van der Waals surface area contributed by atoms with Gasteiger partial charge >= 0.3 is 0 Å². The highest BCUT2D eigenvalue weighted by atomic mass is 32.1. The highest BCUT2D eigenvalue weighted by Crippen LogP contribution is 2.07. The standard InChI is InChI=1S/C5H4N2O2S/c8-7(9)4-1-2-5(10)6-3-4/h1-3H,(H,6,10)/p-1. The SMILES string of the molecule is O=[N+]([O-])c1ccc([S-])nc1. The molecule has 0 unspecified atom stereocenters. The van der Waals surface area contributed by atoms with Crippen LogP contribution in [0.2, 0.25) is 0 Å². The zero-order valence-corrected chi connectivity index (χ0v) is 5.67. The van der Waals surface area contributed by atoms with Crippen LogP contribution in [0.1, 0.15) is 0 Å². The van der Waals surface area contributed by atoms with Crippen molar-refractivity contribution in [3.05, 3.63) is 28.4 Å². The Hall–Kier alpha value is -1.23. The van der Waals surface area contributed by atoms with Crippen molar-refractivity contribution in [3.8, 4) is 0 Å². The summed E-state index contributed by atoms with van der Waals surface area (Å²) in [4.78, 5) is 13.1. The summed E-state index contributed by atoms with van der Waals surface area (Å²) in [5, 5.41) is 10.4. The lowest BCUT2D eigenvalue weighted by atomic mass is 10.4. The van der Waals surface area contributed by atoms with Gasteiger partial charge in [-0.1, -0.05) is 11.1 Å². The molecule has 0 radical (unpaired) electrons. The normalized spacial score (nSPS) is 9.20. The molecule has 5 heteroatoms. The van der Waals surface area contributed by atoms with Crippen LogP contribution in [0.3, 0.4) is 0 Å². The quantitative estimate of drug-likeness (QED) is 0.343. The minimum atomic E-state index is -0.512. The van der Waals surface area contributed by atoms with Crippen molar-refractivity contribution in [1.82, 2.24) is 4.98 Å². The highest BCUT2D eigenvalue weighted by Gasteiger charge is 2.00. The summed E-state index contributed by atoms with van der Waals surface area (Å²) in [5.74, 6) is 0. The Kier molecular flexibility index (Phi) is 1.77. The molecule has 0 fully saturated rings. The molecule has 1 heterocycles. The number of aromatic nitrogens is 1. The molecule has 0 spiro atoms. The predicted octanol–water partition coefficient (Wildman–Crippen LogP) is 0.896. The Morgan fingerprint density at radius 1 is 1.60 bits per heavy atom. The Balaban J connectivity index is 3.00. The van der Waals surface area contributed by atoms with Crippen LogP contribution in [0.25, 0.3) is 0 Å². The lowest BCUT2D eigenvalue weighted by molar-refractivity contribution is -0.385. The van der Waals surface area contributed by atoms with E-state index in [-0.39, 0.29) is 5.69 Å². The maximum atomic E-state index is 10.0. The summed E-state index contributed by atoms with van der Waals surface area (Å²) in [6.07, 6.45) is 1.14. The van der Waals surface area contributed by atoms with Gasteiger partial charge in [0.25, 0.3) is 5.69 Å². The van der Waals surface area contributed by atoms with Gasteiger partial charge in [0, 0.05) is 6.07 Å². The fraction of sp³-hybridized carbons (Fsp3) is 0. The molecule has 0 N–H and O–H groups in total. The molecule has 0 saturated heterocycles. The van der Waals surface area contributed by atoms with E-state index in [0.29, 0.717) is 5.03 Å². The molecule has 0 aromatic carbocycles. The van der Waals surface area contributed by atoms with Crippen molar-refractivity contribution in [2.45, 2.75) is 5.03 Å². The van der Waals surface area contributed by atoms with Gasteiger partial charge in [0.2, 0.25) is 0 Å². The second kappa shape index (κ2) is 2.57. The molecule has 1 rings (SSSR count). The van der Waals surface area contributed by atoms with Gasteiger partial charge in [-0.25, -0.2) is 0 Å². The van der Waals surface area contributed by atoms with Crippen LogP contribution in [0.15, 0.2) is 23.4 Å². The van der Waals surface area contributed by atoms with Gasteiger partial charge in [-0.05, 0) is 0 Å². The Morgan fingerprint density at radius 2 is 2.30 bits per heavy atom. The topological polar surface area (TPSA) is 56.0 Å². The third-order valence-electron chi connectivity index (χ3n) is 0.932. The summed E-state index contributed by atoms with van der Waals surface area (Å²) in [6.45, 7) is 0. The van der Waals surface area contributed by atoms with Gasteiger partial charge in [-0.3, -0.25) is 15.1 Å². The zero-order valence-electron chi connectivity index (χ0n) is 4.85. The van der Waals surface area contributed by atoms with Crippen LogP contribution in [-0.2, 0) is 12.6 Å². The first kappa shape index (κ1) is 6.88. The molecule has 0 aliphatic heterocycles. The van der Waals surface area contributed by atoms with E-state index in [1.54, 1.807) is 0 Å². The largest absolute Gasteiger partial charge is 0.760 e. The summed E-state index contributed by atoms with van der Waals surface area (Å²) in [5.41, 5.74) is -0.0337. The number of nitrogens with zero attached hydrogens (tertiary/aromatic N) is 2. The second-order valence-electron chi connectivity index (χ2n) is 1.61. The maximum Gasteiger partial charge on any atom is 0.287 e. The van der Waals surface area contributed by atoms with Gasteiger partial charge in [-0.15, -0.1) is 0 Å². The molecule has 10 heavy (non-hydrogen) atoms. The summed E-state index contributed by atoms with van der Waals surface area (Å²) < 4.78 is 0. The summed E-state index contributed by atoms with van der Waals surface area (Å²) >= 11 is 4.62. The summed E-state index contributed by atoms with van der Waals surface area (Å²) in [7, 11) is 0. The van der Waals surface area contributed by atoms with E-state index in [9.17, 15) is 10.1 Å². The van der Waals surface area contributed by atoms with Crippen LogP contribution in [-0.4, -0.2) is 9.91 Å². The fourth-order valence-electron chi connectivity index (χ4n) is 0.480. The molecule has 52 valence electrons. The number of hydrogen-bond acceptors (Lipinski definition) is 4. The van der Waals surface area contributed by atoms with E-state index in [1.165, 1.54) is 12.1 Å². The third-order valence-corrected chi connectivity index (χ3v) is 1.17. The number of pyridine rings is 1. The molecule has 4 nitrogen and oxygen atoms in total. The zero-order chi connectivity index (χ0) is 7.56. The van der Waals surface area contributed by atoms with Crippen molar-refractivity contribution >= 4 is 18.3 Å². The molecule has 0 amide bonds. The molecule has 1 aromatic rings. The highest BCUT2D eigenvalue weighted by molar-refractivity contribution is 7.58. The average molecular weight is 155 g/mol. The average Bonchev–Trinajstić information content (AvgIpc) is 1.88. The monoisotopic (exact) mass is 155 g/mol. The van der Waals surface area contributed by atoms with Gasteiger partial charge in [0.05, 0.1) is 4.92 Å². The maximum absolute atomic E-state index is 10.0. The van der Waals surface area contributed by atoms with E-state index in [1.807, 2.05) is 0 Å². The first-order valence-electron chi connectivity index (χ1n) is 2.47. The Labute approximate surface area is 62.5 Å². The first-order chi connectivity index (χ1) is 4.70. The lowest BCUT2D eigenvalue weighted by Gasteiger charge is -1.99. The van der Waals surface area contributed by atoms with Gasteiger partial charge < -0.3 is 12.6 Å². The minimum Gasteiger partial charge on any atom is -0.760 e. The molecule has 0 atom stereocenters. The second-order valence-corrected chi connectivity index (χ2v) is 2.03. The number of nitro groups is 1. The van der Waals surface area contributed by atoms with Gasteiger partial charge in [0.1, 0.15) is 6.20 Å². The smallest absolute Gasteiger partial charge is 0.287 e. The van der Waals surface area contributed by atoms with Crippen molar-refractivity contribution in [1.29, 1.82) is 0 Å². The molecule has 0 aliphatic rings. The van der Waals surface area contributed by atoms with Crippen LogP contribution in [0.4, 0.5) is 5.69 Å². The van der Waals surface area contributed by atoms with Crippen molar-refractivity contribution < 1.29 is 4.92 Å². The van der Waals surface area contributed by atoms with Crippen LogP contribution < -0.4 is 0 Å². The number of hydrogen-bond donors (Lipinski definition) is 0.